The molecule has 0 saturated carbocycles. The number of carbonyl (C=O) groups excluding carboxylic acids is 1. The van der Waals surface area contributed by atoms with E-state index in [1.54, 1.807) is 0 Å². The number of amides is 1. The van der Waals surface area contributed by atoms with E-state index in [0.717, 1.165) is 12.1 Å². The molecule has 5 nitrogen and oxygen atoms in total. The Balaban J connectivity index is 2.49. The SMILES string of the molecule is [2H]c1c([2H])c([2H])c(NC(=O)c2ccc(Cl)c(S(N)(=O)=O)c2)c([2H])c1[2H]. The van der Waals surface area contributed by atoms with Crippen molar-refractivity contribution in [1.29, 1.82) is 0 Å². The van der Waals surface area contributed by atoms with Crippen molar-refractivity contribution in [1.82, 2.24) is 0 Å². The number of nitrogens with two attached hydrogens (primary N) is 1. The van der Waals surface area contributed by atoms with Crippen LogP contribution in [0.1, 0.15) is 17.2 Å². The van der Waals surface area contributed by atoms with Gasteiger partial charge in [0.15, 0.2) is 0 Å². The summed E-state index contributed by atoms with van der Waals surface area (Å²) >= 11 is 5.73. The highest BCUT2D eigenvalue weighted by Gasteiger charge is 2.16. The molecule has 2 rings (SSSR count). The Kier molecular flexibility index (Phi) is 2.56. The molecule has 0 fully saturated rings. The normalized spacial score (nSPS) is 14.6. The number of halogens is 1. The van der Waals surface area contributed by atoms with Gasteiger partial charge in [0.1, 0.15) is 4.90 Å². The third kappa shape index (κ3) is 3.36. The second kappa shape index (κ2) is 5.62. The number of rotatable bonds is 3. The molecule has 0 aromatic heterocycles. The van der Waals surface area contributed by atoms with Crippen LogP contribution >= 0.6 is 11.6 Å². The fourth-order valence-corrected chi connectivity index (χ4v) is 2.43. The molecule has 1 amide bonds. The number of anilines is 1. The molecule has 0 bridgehead atoms. The van der Waals surface area contributed by atoms with Gasteiger partial charge in [-0.1, -0.05) is 29.7 Å². The van der Waals surface area contributed by atoms with E-state index in [2.05, 4.69) is 5.32 Å². The Bertz CT molecular complexity index is 969. The number of primary sulfonamides is 1. The summed E-state index contributed by atoms with van der Waals surface area (Å²) in [4.78, 5) is 11.8. The lowest BCUT2D eigenvalue weighted by Crippen LogP contribution is -2.16. The maximum Gasteiger partial charge on any atom is 0.255 e. The van der Waals surface area contributed by atoms with E-state index in [-0.39, 0.29) is 10.6 Å². The van der Waals surface area contributed by atoms with Crippen LogP contribution in [-0.4, -0.2) is 14.3 Å². The van der Waals surface area contributed by atoms with Gasteiger partial charge in [0, 0.05) is 11.3 Å². The summed E-state index contributed by atoms with van der Waals surface area (Å²) in [6.07, 6.45) is 0. The van der Waals surface area contributed by atoms with E-state index in [1.165, 1.54) is 6.07 Å². The van der Waals surface area contributed by atoms with Crippen LogP contribution in [0, 0.1) is 0 Å². The predicted molar refractivity (Wildman–Crippen MR) is 77.2 cm³/mol. The smallest absolute Gasteiger partial charge is 0.255 e. The van der Waals surface area contributed by atoms with Gasteiger partial charge < -0.3 is 5.32 Å². The zero-order chi connectivity index (χ0) is 19.1. The molecule has 0 aliphatic rings. The number of hydrogen-bond donors (Lipinski definition) is 2. The van der Waals surface area contributed by atoms with E-state index in [0.29, 0.717) is 0 Å². The van der Waals surface area contributed by atoms with Crippen molar-refractivity contribution < 1.29 is 20.1 Å². The standard InChI is InChI=1S/C13H11ClN2O3S/c14-11-7-6-9(8-12(11)20(15,18)19)13(17)16-10-4-2-1-3-5-10/h1-8H,(H,16,17)(H2,15,18,19)/i1D,2D,3D,4D,5D. The summed E-state index contributed by atoms with van der Waals surface area (Å²) in [5, 5.41) is 7.02. The molecule has 2 aromatic carbocycles. The van der Waals surface area contributed by atoms with Crippen LogP contribution in [0.2, 0.25) is 5.02 Å². The first-order chi connectivity index (χ1) is 11.4. The first-order valence-corrected chi connectivity index (χ1v) is 7.08. The third-order valence-electron chi connectivity index (χ3n) is 2.24. The molecule has 0 spiro atoms. The molecule has 0 aliphatic heterocycles. The van der Waals surface area contributed by atoms with E-state index in [9.17, 15) is 13.2 Å². The summed E-state index contributed by atoms with van der Waals surface area (Å²) in [5.41, 5.74) is -0.594. The van der Waals surface area contributed by atoms with Crippen molar-refractivity contribution in [3.63, 3.8) is 0 Å². The summed E-state index contributed by atoms with van der Waals surface area (Å²) in [5.74, 6) is -0.889. The highest BCUT2D eigenvalue weighted by atomic mass is 35.5. The summed E-state index contributed by atoms with van der Waals surface area (Å²) in [6, 6.07) is 0.272. The van der Waals surface area contributed by atoms with E-state index >= 15 is 0 Å². The second-order valence-corrected chi connectivity index (χ2v) is 5.58. The van der Waals surface area contributed by atoms with Crippen LogP contribution in [0.25, 0.3) is 0 Å². The number of para-hydroxylation sites is 1. The van der Waals surface area contributed by atoms with Gasteiger partial charge in [-0.15, -0.1) is 0 Å². The quantitative estimate of drug-likeness (QED) is 0.910. The van der Waals surface area contributed by atoms with Gasteiger partial charge in [0.2, 0.25) is 10.0 Å². The zero-order valence-electron chi connectivity index (χ0n) is 14.8. The van der Waals surface area contributed by atoms with Gasteiger partial charge in [-0.2, -0.15) is 0 Å². The Hall–Kier alpha value is -1.89. The Morgan fingerprint density at radius 1 is 1.25 bits per heavy atom. The molecule has 0 unspecified atom stereocenters. The van der Waals surface area contributed by atoms with E-state index in [1.807, 2.05) is 0 Å². The molecule has 2 aromatic rings. The van der Waals surface area contributed by atoms with Gasteiger partial charge in [-0.05, 0) is 30.3 Å². The number of benzene rings is 2. The van der Waals surface area contributed by atoms with Crippen LogP contribution in [-0.2, 0) is 10.0 Å². The van der Waals surface area contributed by atoms with Crippen molar-refractivity contribution in [3.8, 4) is 0 Å². The highest BCUT2D eigenvalue weighted by Crippen LogP contribution is 2.22. The Morgan fingerprint density at radius 3 is 2.50 bits per heavy atom. The van der Waals surface area contributed by atoms with Crippen molar-refractivity contribution in [2.24, 2.45) is 5.14 Å². The average molecular weight is 316 g/mol. The number of hydrogen-bond acceptors (Lipinski definition) is 3. The molecule has 0 saturated heterocycles. The van der Waals surface area contributed by atoms with Gasteiger partial charge in [0.25, 0.3) is 5.91 Å². The molecular weight excluding hydrogens is 300 g/mol. The molecule has 0 aliphatic carbocycles. The van der Waals surface area contributed by atoms with Gasteiger partial charge >= 0.3 is 0 Å². The minimum atomic E-state index is -4.17. The Labute approximate surface area is 128 Å². The van der Waals surface area contributed by atoms with E-state index < -0.39 is 56.7 Å². The molecule has 3 N–H and O–H groups in total. The fourth-order valence-electron chi connectivity index (χ4n) is 1.36. The lowest BCUT2D eigenvalue weighted by Gasteiger charge is -2.07. The third-order valence-corrected chi connectivity index (χ3v) is 3.63. The summed E-state index contributed by atoms with van der Waals surface area (Å²) < 4.78 is 61.0. The molecule has 20 heavy (non-hydrogen) atoms. The maximum absolute atomic E-state index is 12.3. The van der Waals surface area contributed by atoms with Crippen LogP contribution in [0.3, 0.4) is 0 Å². The fraction of sp³-hybridized carbons (Fsp3) is 0. The first-order valence-electron chi connectivity index (χ1n) is 7.65. The largest absolute Gasteiger partial charge is 0.322 e. The molecule has 104 valence electrons. The average Bonchev–Trinajstić information content (AvgIpc) is 2.54. The molecular formula is C13H11ClN2O3S. The first kappa shape index (κ1) is 9.12. The van der Waals surface area contributed by atoms with Gasteiger partial charge in [0.05, 0.1) is 11.9 Å². The predicted octanol–water partition coefficient (Wildman–Crippen LogP) is 2.24. The van der Waals surface area contributed by atoms with Crippen LogP contribution < -0.4 is 10.5 Å². The highest BCUT2D eigenvalue weighted by molar-refractivity contribution is 7.89. The Morgan fingerprint density at radius 2 is 1.90 bits per heavy atom. The van der Waals surface area contributed by atoms with Gasteiger partial charge in [-0.25, -0.2) is 13.6 Å². The van der Waals surface area contributed by atoms with Gasteiger partial charge in [-0.3, -0.25) is 4.79 Å². The molecule has 0 radical (unpaired) electrons. The number of sulfonamides is 1. The van der Waals surface area contributed by atoms with Crippen LogP contribution in [0.4, 0.5) is 5.69 Å². The molecule has 0 heterocycles. The minimum Gasteiger partial charge on any atom is -0.322 e. The summed E-state index contributed by atoms with van der Waals surface area (Å²) in [6.45, 7) is 0. The minimum absolute atomic E-state index is 0.166. The number of carbonyl (C=O) groups is 1. The van der Waals surface area contributed by atoms with Crippen LogP contribution in [0.15, 0.2) is 53.3 Å². The lowest BCUT2D eigenvalue weighted by atomic mass is 10.2. The zero-order valence-corrected chi connectivity index (χ0v) is 11.4. The van der Waals surface area contributed by atoms with Crippen LogP contribution in [0.5, 0.6) is 0 Å². The molecule has 7 heteroatoms. The summed E-state index contributed by atoms with van der Waals surface area (Å²) in [7, 11) is -4.17. The maximum atomic E-state index is 12.3. The monoisotopic (exact) mass is 315 g/mol. The van der Waals surface area contributed by atoms with Crippen molar-refractivity contribution in [2.45, 2.75) is 4.90 Å². The lowest BCUT2D eigenvalue weighted by molar-refractivity contribution is 0.102. The van der Waals surface area contributed by atoms with Crippen molar-refractivity contribution in [2.75, 3.05) is 5.32 Å². The number of nitrogens with one attached hydrogen (secondary N) is 1. The van der Waals surface area contributed by atoms with E-state index in [4.69, 9.17) is 23.6 Å². The molecule has 0 atom stereocenters. The van der Waals surface area contributed by atoms with Crippen molar-refractivity contribution in [3.05, 3.63) is 59.0 Å². The van der Waals surface area contributed by atoms with Crippen molar-refractivity contribution >= 4 is 33.2 Å². The second-order valence-electron chi connectivity index (χ2n) is 3.64. The topological polar surface area (TPSA) is 89.3 Å².